The van der Waals surface area contributed by atoms with Gasteiger partial charge in [0.15, 0.2) is 5.82 Å². The van der Waals surface area contributed by atoms with Gasteiger partial charge in [-0.3, -0.25) is 9.89 Å². The van der Waals surface area contributed by atoms with Gasteiger partial charge in [0.1, 0.15) is 0 Å². The van der Waals surface area contributed by atoms with Crippen molar-refractivity contribution in [1.82, 2.24) is 10.2 Å². The van der Waals surface area contributed by atoms with E-state index in [1.54, 1.807) is 0 Å². The van der Waals surface area contributed by atoms with Crippen LogP contribution in [-0.2, 0) is 11.2 Å². The van der Waals surface area contributed by atoms with Crippen LogP contribution in [0.2, 0.25) is 0 Å². The van der Waals surface area contributed by atoms with E-state index >= 15 is 0 Å². The molecule has 0 aliphatic heterocycles. The van der Waals surface area contributed by atoms with Crippen LogP contribution in [0.25, 0.3) is 0 Å². The summed E-state index contributed by atoms with van der Waals surface area (Å²) in [5, 5.41) is 9.97. The molecule has 1 aliphatic rings. The lowest BCUT2D eigenvalue weighted by Gasteiger charge is -2.45. The summed E-state index contributed by atoms with van der Waals surface area (Å²) in [5.74, 6) is 0.990. The monoisotopic (exact) mass is 278 g/mol. The van der Waals surface area contributed by atoms with Gasteiger partial charge in [-0.1, -0.05) is 27.7 Å². The fourth-order valence-electron chi connectivity index (χ4n) is 3.14. The summed E-state index contributed by atoms with van der Waals surface area (Å²) in [4.78, 5) is 12.5. The fourth-order valence-corrected chi connectivity index (χ4v) is 3.14. The maximum absolute atomic E-state index is 12.5. The van der Waals surface area contributed by atoms with E-state index in [0.717, 1.165) is 25.0 Å². The molecule has 0 radical (unpaired) electrons. The van der Waals surface area contributed by atoms with E-state index in [1.807, 2.05) is 13.0 Å². The van der Waals surface area contributed by atoms with Gasteiger partial charge in [-0.2, -0.15) is 5.10 Å². The predicted molar refractivity (Wildman–Crippen MR) is 80.2 cm³/mol. The quantitative estimate of drug-likeness (QED) is 0.793. The number of hydrogen-bond donors (Lipinski definition) is 3. The number of amides is 1. The lowest BCUT2D eigenvalue weighted by Crippen LogP contribution is -2.50. The molecule has 2 rings (SSSR count). The zero-order valence-corrected chi connectivity index (χ0v) is 12.9. The molecule has 1 aliphatic carbocycles. The molecule has 1 amide bonds. The van der Waals surface area contributed by atoms with E-state index in [1.165, 1.54) is 0 Å². The molecule has 1 aromatic rings. The zero-order chi connectivity index (χ0) is 14.9. The highest BCUT2D eigenvalue weighted by atomic mass is 16.2. The van der Waals surface area contributed by atoms with Gasteiger partial charge >= 0.3 is 0 Å². The van der Waals surface area contributed by atoms with Crippen molar-refractivity contribution in [2.75, 3.05) is 5.32 Å². The van der Waals surface area contributed by atoms with Crippen LogP contribution in [0.1, 0.15) is 46.2 Å². The van der Waals surface area contributed by atoms with Crippen LogP contribution in [0.5, 0.6) is 0 Å². The van der Waals surface area contributed by atoms with Crippen LogP contribution in [0, 0.1) is 17.3 Å². The lowest BCUT2D eigenvalue weighted by atomic mass is 9.61. The molecule has 1 fully saturated rings. The second-order valence-electron chi connectivity index (χ2n) is 6.53. The zero-order valence-electron chi connectivity index (χ0n) is 12.9. The highest BCUT2D eigenvalue weighted by molar-refractivity contribution is 5.92. The fraction of sp³-hybridized carbons (Fsp3) is 0.733. The van der Waals surface area contributed by atoms with Crippen LogP contribution < -0.4 is 11.1 Å². The second-order valence-corrected chi connectivity index (χ2v) is 6.53. The average molecular weight is 278 g/mol. The number of hydrogen-bond acceptors (Lipinski definition) is 3. The molecule has 0 bridgehead atoms. The van der Waals surface area contributed by atoms with E-state index in [0.29, 0.717) is 11.7 Å². The first-order chi connectivity index (χ1) is 9.36. The van der Waals surface area contributed by atoms with Gasteiger partial charge in [-0.25, -0.2) is 0 Å². The van der Waals surface area contributed by atoms with Crippen molar-refractivity contribution in [3.05, 3.63) is 11.8 Å². The van der Waals surface area contributed by atoms with Crippen molar-refractivity contribution in [3.63, 3.8) is 0 Å². The molecule has 112 valence electrons. The van der Waals surface area contributed by atoms with Gasteiger partial charge in [0.2, 0.25) is 5.91 Å². The molecule has 3 unspecified atom stereocenters. The van der Waals surface area contributed by atoms with Crippen molar-refractivity contribution >= 4 is 11.7 Å². The first-order valence-electron chi connectivity index (χ1n) is 7.47. The third-order valence-corrected chi connectivity index (χ3v) is 5.08. The van der Waals surface area contributed by atoms with Crippen molar-refractivity contribution in [3.8, 4) is 0 Å². The Balaban J connectivity index is 2.08. The highest BCUT2D eigenvalue weighted by Gasteiger charge is 2.45. The number of anilines is 1. The first kappa shape index (κ1) is 15.0. The van der Waals surface area contributed by atoms with Crippen molar-refractivity contribution in [2.24, 2.45) is 23.0 Å². The molecule has 4 N–H and O–H groups in total. The smallest absolute Gasteiger partial charge is 0.229 e. The Kier molecular flexibility index (Phi) is 4.18. The number of aromatic amines is 1. The number of aromatic nitrogens is 2. The SMILES string of the molecule is CCc1cc(NC(=O)C2CCC(N)C(C)C2(C)C)n[nH]1. The van der Waals surface area contributed by atoms with Gasteiger partial charge in [-0.05, 0) is 30.6 Å². The Hall–Kier alpha value is -1.36. The van der Waals surface area contributed by atoms with Crippen LogP contribution in [-0.4, -0.2) is 22.1 Å². The van der Waals surface area contributed by atoms with E-state index in [-0.39, 0.29) is 23.3 Å². The van der Waals surface area contributed by atoms with Crippen molar-refractivity contribution in [1.29, 1.82) is 0 Å². The standard InChI is InChI=1S/C15H26N4O/c1-5-10-8-13(19-18-10)17-14(20)11-6-7-12(16)9(2)15(11,3)4/h8-9,11-12H,5-7,16H2,1-4H3,(H2,17,18,19,20). The summed E-state index contributed by atoms with van der Waals surface area (Å²) < 4.78 is 0. The van der Waals surface area contributed by atoms with Crippen LogP contribution in [0.4, 0.5) is 5.82 Å². The molecule has 1 aromatic heterocycles. The molecule has 0 saturated heterocycles. The molecule has 3 atom stereocenters. The summed E-state index contributed by atoms with van der Waals surface area (Å²) in [6.07, 6.45) is 2.63. The van der Waals surface area contributed by atoms with E-state index in [2.05, 4.69) is 36.3 Å². The van der Waals surface area contributed by atoms with E-state index in [9.17, 15) is 4.79 Å². The normalized spacial score (nSPS) is 29.1. The summed E-state index contributed by atoms with van der Waals surface area (Å²) >= 11 is 0. The van der Waals surface area contributed by atoms with Crippen LogP contribution in [0.3, 0.4) is 0 Å². The van der Waals surface area contributed by atoms with Crippen molar-refractivity contribution < 1.29 is 4.79 Å². The number of nitrogens with two attached hydrogens (primary N) is 1. The predicted octanol–water partition coefficient (Wildman–Crippen LogP) is 2.31. The summed E-state index contributed by atoms with van der Waals surface area (Å²) in [6, 6.07) is 2.08. The molecule has 20 heavy (non-hydrogen) atoms. The van der Waals surface area contributed by atoms with Crippen LogP contribution >= 0.6 is 0 Å². The number of aryl methyl sites for hydroxylation is 1. The lowest BCUT2D eigenvalue weighted by molar-refractivity contribution is -0.127. The third kappa shape index (κ3) is 2.73. The largest absolute Gasteiger partial charge is 0.327 e. The maximum Gasteiger partial charge on any atom is 0.229 e. The molecule has 0 aromatic carbocycles. The average Bonchev–Trinajstić information content (AvgIpc) is 2.83. The molecular formula is C15H26N4O. The maximum atomic E-state index is 12.5. The molecule has 1 heterocycles. The van der Waals surface area contributed by atoms with E-state index < -0.39 is 0 Å². The third-order valence-electron chi connectivity index (χ3n) is 5.08. The number of carbonyl (C=O) groups is 1. The molecule has 5 heteroatoms. The van der Waals surface area contributed by atoms with Gasteiger partial charge in [0.05, 0.1) is 0 Å². The van der Waals surface area contributed by atoms with Crippen LogP contribution in [0.15, 0.2) is 6.07 Å². The van der Waals surface area contributed by atoms with Crippen molar-refractivity contribution in [2.45, 2.75) is 53.0 Å². The molecule has 1 saturated carbocycles. The Morgan fingerprint density at radius 1 is 1.55 bits per heavy atom. The number of nitrogens with zero attached hydrogens (tertiary/aromatic N) is 1. The Bertz CT molecular complexity index is 480. The number of nitrogens with one attached hydrogen (secondary N) is 2. The highest BCUT2D eigenvalue weighted by Crippen LogP contribution is 2.44. The number of carbonyl (C=O) groups excluding carboxylic acids is 1. The Morgan fingerprint density at radius 3 is 2.85 bits per heavy atom. The first-order valence-corrected chi connectivity index (χ1v) is 7.47. The summed E-state index contributed by atoms with van der Waals surface area (Å²) in [7, 11) is 0. The van der Waals surface area contributed by atoms with Gasteiger partial charge in [-0.15, -0.1) is 0 Å². The topological polar surface area (TPSA) is 83.8 Å². The van der Waals surface area contributed by atoms with E-state index in [4.69, 9.17) is 5.73 Å². The van der Waals surface area contributed by atoms with Gasteiger partial charge in [0, 0.05) is 23.7 Å². The minimum atomic E-state index is -0.0916. The summed E-state index contributed by atoms with van der Waals surface area (Å²) in [5.41, 5.74) is 7.08. The number of rotatable bonds is 3. The Labute approximate surface area is 120 Å². The second kappa shape index (κ2) is 5.56. The van der Waals surface area contributed by atoms with Gasteiger partial charge < -0.3 is 11.1 Å². The molecule has 5 nitrogen and oxygen atoms in total. The minimum absolute atomic E-state index is 0.0147. The molecular weight excluding hydrogens is 252 g/mol. The number of H-pyrrole nitrogens is 1. The minimum Gasteiger partial charge on any atom is -0.327 e. The Morgan fingerprint density at radius 2 is 2.25 bits per heavy atom. The van der Waals surface area contributed by atoms with Gasteiger partial charge in [0.25, 0.3) is 0 Å². The molecule has 0 spiro atoms. The summed E-state index contributed by atoms with van der Waals surface area (Å²) in [6.45, 7) is 8.48.